The zero-order chi connectivity index (χ0) is 20.5. The summed E-state index contributed by atoms with van der Waals surface area (Å²) in [7, 11) is -3.27. The van der Waals surface area contributed by atoms with Crippen molar-refractivity contribution in [2.75, 3.05) is 17.6 Å². The van der Waals surface area contributed by atoms with E-state index in [0.717, 1.165) is 11.1 Å². The van der Waals surface area contributed by atoms with Gasteiger partial charge in [0, 0.05) is 36.0 Å². The van der Waals surface area contributed by atoms with E-state index in [2.05, 4.69) is 5.32 Å². The summed E-state index contributed by atoms with van der Waals surface area (Å²) in [5.41, 5.74) is 3.16. The van der Waals surface area contributed by atoms with Crippen molar-refractivity contribution in [1.29, 1.82) is 0 Å². The Hall–Kier alpha value is -2.78. The van der Waals surface area contributed by atoms with Crippen LogP contribution in [0.2, 0.25) is 0 Å². The van der Waals surface area contributed by atoms with Crippen molar-refractivity contribution in [2.45, 2.75) is 26.8 Å². The molecule has 0 fully saturated rings. The minimum absolute atomic E-state index is 0.0393. The average Bonchev–Trinajstić information content (AvgIpc) is 2.67. The molecule has 0 unspecified atom stereocenters. The number of rotatable bonds is 5. The van der Waals surface area contributed by atoms with E-state index in [1.54, 1.807) is 26.0 Å². The third-order valence-corrected chi connectivity index (χ3v) is 6.68. The number of sulfonamides is 1. The van der Waals surface area contributed by atoms with Gasteiger partial charge in [0.1, 0.15) is 0 Å². The van der Waals surface area contributed by atoms with Crippen LogP contribution >= 0.6 is 0 Å². The van der Waals surface area contributed by atoms with Crippen LogP contribution in [0, 0.1) is 17.0 Å². The summed E-state index contributed by atoms with van der Waals surface area (Å²) in [5.74, 6) is -0.329. The Morgan fingerprint density at radius 2 is 1.96 bits per heavy atom. The van der Waals surface area contributed by atoms with Crippen molar-refractivity contribution in [3.8, 4) is 0 Å². The second-order valence-corrected chi connectivity index (χ2v) is 8.94. The van der Waals surface area contributed by atoms with Crippen molar-refractivity contribution >= 4 is 27.3 Å². The molecule has 8 nitrogen and oxygen atoms in total. The Labute approximate surface area is 163 Å². The lowest BCUT2D eigenvalue weighted by Gasteiger charge is -2.28. The zero-order valence-electron chi connectivity index (χ0n) is 15.6. The molecule has 0 spiro atoms. The van der Waals surface area contributed by atoms with Crippen LogP contribution < -0.4 is 5.32 Å². The third-order valence-electron chi connectivity index (χ3n) is 4.86. The van der Waals surface area contributed by atoms with Gasteiger partial charge in [0.25, 0.3) is 11.6 Å². The molecule has 148 valence electrons. The Kier molecular flexibility index (Phi) is 5.48. The van der Waals surface area contributed by atoms with Crippen LogP contribution in [-0.2, 0) is 23.0 Å². The molecule has 0 bridgehead atoms. The number of amides is 1. The van der Waals surface area contributed by atoms with E-state index in [-0.39, 0.29) is 23.9 Å². The molecule has 0 saturated heterocycles. The molecule has 0 aliphatic carbocycles. The number of nitrogens with zero attached hydrogens (tertiary/aromatic N) is 2. The van der Waals surface area contributed by atoms with E-state index in [1.165, 1.54) is 22.5 Å². The molecular weight excluding hydrogens is 382 g/mol. The largest absolute Gasteiger partial charge is 0.322 e. The number of anilines is 1. The normalized spacial score (nSPS) is 14.4. The highest BCUT2D eigenvalue weighted by molar-refractivity contribution is 7.89. The SMILES string of the molecule is CCS(=O)(=O)N1CCc2ccc(NC(=O)c3ccc([N+](=O)[O-])c(C)c3)cc2C1. The molecular formula is C19H21N3O5S. The lowest BCUT2D eigenvalue weighted by Crippen LogP contribution is -2.36. The van der Waals surface area contributed by atoms with E-state index in [9.17, 15) is 23.3 Å². The zero-order valence-corrected chi connectivity index (χ0v) is 16.5. The molecule has 1 heterocycles. The van der Waals surface area contributed by atoms with Gasteiger partial charge in [-0.25, -0.2) is 8.42 Å². The van der Waals surface area contributed by atoms with Crippen molar-refractivity contribution in [3.63, 3.8) is 0 Å². The minimum Gasteiger partial charge on any atom is -0.322 e. The fraction of sp³-hybridized carbons (Fsp3) is 0.316. The topological polar surface area (TPSA) is 110 Å². The number of nitrogens with one attached hydrogen (secondary N) is 1. The van der Waals surface area contributed by atoms with E-state index in [0.29, 0.717) is 29.8 Å². The monoisotopic (exact) mass is 403 g/mol. The summed E-state index contributed by atoms with van der Waals surface area (Å²) in [6, 6.07) is 9.64. The lowest BCUT2D eigenvalue weighted by atomic mass is 10.0. The summed E-state index contributed by atoms with van der Waals surface area (Å²) >= 11 is 0. The van der Waals surface area contributed by atoms with Gasteiger partial charge in [0.15, 0.2) is 0 Å². The molecule has 0 radical (unpaired) electrons. The Morgan fingerprint density at radius 3 is 2.61 bits per heavy atom. The summed E-state index contributed by atoms with van der Waals surface area (Å²) in [6.45, 7) is 3.94. The second-order valence-electron chi connectivity index (χ2n) is 6.68. The van der Waals surface area contributed by atoms with Crippen molar-refractivity contribution in [3.05, 3.63) is 68.8 Å². The number of fused-ring (bicyclic) bond motifs is 1. The fourth-order valence-electron chi connectivity index (χ4n) is 3.23. The molecule has 1 aliphatic rings. The molecule has 2 aromatic rings. The third kappa shape index (κ3) is 4.05. The molecule has 3 rings (SSSR count). The Morgan fingerprint density at radius 1 is 1.21 bits per heavy atom. The summed E-state index contributed by atoms with van der Waals surface area (Å²) in [6.07, 6.45) is 0.629. The molecule has 28 heavy (non-hydrogen) atoms. The van der Waals surface area contributed by atoms with Crippen molar-refractivity contribution in [1.82, 2.24) is 4.31 Å². The van der Waals surface area contributed by atoms with E-state index < -0.39 is 14.9 Å². The van der Waals surface area contributed by atoms with Gasteiger partial charge >= 0.3 is 0 Å². The first kappa shape index (κ1) is 20.0. The fourth-order valence-corrected chi connectivity index (χ4v) is 4.30. The molecule has 1 aliphatic heterocycles. The van der Waals surface area contributed by atoms with Gasteiger partial charge in [-0.1, -0.05) is 6.07 Å². The molecule has 0 aromatic heterocycles. The molecule has 1 N–H and O–H groups in total. The first-order valence-electron chi connectivity index (χ1n) is 8.87. The average molecular weight is 403 g/mol. The lowest BCUT2D eigenvalue weighted by molar-refractivity contribution is -0.385. The van der Waals surface area contributed by atoms with Crippen LogP contribution in [0.5, 0.6) is 0 Å². The van der Waals surface area contributed by atoms with Gasteiger partial charge < -0.3 is 5.32 Å². The maximum absolute atomic E-state index is 12.5. The van der Waals surface area contributed by atoms with Crippen LogP contribution in [0.25, 0.3) is 0 Å². The van der Waals surface area contributed by atoms with Crippen molar-refractivity contribution in [2.24, 2.45) is 0 Å². The van der Waals surface area contributed by atoms with E-state index in [4.69, 9.17) is 0 Å². The summed E-state index contributed by atoms with van der Waals surface area (Å²) < 4.78 is 25.7. The maximum Gasteiger partial charge on any atom is 0.272 e. The number of hydrogen-bond acceptors (Lipinski definition) is 5. The molecule has 9 heteroatoms. The van der Waals surface area contributed by atoms with Gasteiger partial charge in [-0.2, -0.15) is 4.31 Å². The van der Waals surface area contributed by atoms with E-state index in [1.807, 2.05) is 6.07 Å². The van der Waals surface area contributed by atoms with E-state index >= 15 is 0 Å². The van der Waals surface area contributed by atoms with Crippen LogP contribution in [0.3, 0.4) is 0 Å². The highest BCUT2D eigenvalue weighted by Crippen LogP contribution is 2.25. The number of carbonyl (C=O) groups is 1. The molecule has 0 atom stereocenters. The van der Waals surface area contributed by atoms with Crippen LogP contribution in [-0.4, -0.2) is 35.9 Å². The Balaban J connectivity index is 1.79. The number of nitro groups is 1. The standard InChI is InChI=1S/C19H21N3O5S/c1-3-28(26,27)21-9-8-14-4-6-17(11-16(14)12-21)20-19(23)15-5-7-18(22(24)25)13(2)10-15/h4-7,10-11H,3,8-9,12H2,1-2H3,(H,20,23). The van der Waals surface area contributed by atoms with Gasteiger partial charge in [-0.15, -0.1) is 0 Å². The summed E-state index contributed by atoms with van der Waals surface area (Å²) in [4.78, 5) is 22.9. The number of carbonyl (C=O) groups excluding carboxylic acids is 1. The predicted octanol–water partition coefficient (Wildman–Crippen LogP) is 2.86. The second kappa shape index (κ2) is 7.69. The first-order valence-corrected chi connectivity index (χ1v) is 10.5. The van der Waals surface area contributed by atoms with Crippen LogP contribution in [0.15, 0.2) is 36.4 Å². The molecule has 1 amide bonds. The van der Waals surface area contributed by atoms with Gasteiger partial charge in [0.2, 0.25) is 10.0 Å². The number of benzene rings is 2. The molecule has 0 saturated carbocycles. The number of nitro benzene ring substituents is 1. The summed E-state index contributed by atoms with van der Waals surface area (Å²) in [5, 5.41) is 13.7. The highest BCUT2D eigenvalue weighted by Gasteiger charge is 2.25. The maximum atomic E-state index is 12.5. The smallest absolute Gasteiger partial charge is 0.272 e. The van der Waals surface area contributed by atoms with Gasteiger partial charge in [-0.3, -0.25) is 14.9 Å². The highest BCUT2D eigenvalue weighted by atomic mass is 32.2. The first-order chi connectivity index (χ1) is 13.2. The predicted molar refractivity (Wildman–Crippen MR) is 106 cm³/mol. The minimum atomic E-state index is -3.27. The van der Waals surface area contributed by atoms with Gasteiger partial charge in [-0.05, 0) is 55.7 Å². The quantitative estimate of drug-likeness (QED) is 0.610. The number of hydrogen-bond donors (Lipinski definition) is 1. The Bertz CT molecular complexity index is 1050. The van der Waals surface area contributed by atoms with Crippen LogP contribution in [0.4, 0.5) is 11.4 Å². The van der Waals surface area contributed by atoms with Crippen molar-refractivity contribution < 1.29 is 18.1 Å². The van der Waals surface area contributed by atoms with Crippen LogP contribution in [0.1, 0.15) is 34.0 Å². The molecule has 2 aromatic carbocycles. The number of aryl methyl sites for hydroxylation is 1. The van der Waals surface area contributed by atoms with Gasteiger partial charge in [0.05, 0.1) is 10.7 Å².